The second-order valence-corrected chi connectivity index (χ2v) is 3.17. The minimum Gasteiger partial charge on any atom is -0.346 e. The lowest BCUT2D eigenvalue weighted by atomic mass is 10.2. The topological polar surface area (TPSA) is 17.0 Å². The number of likely N-dealkylation sites (N-methyl/N-ethyl adjacent to an activating group) is 1. The van der Waals surface area contributed by atoms with Gasteiger partial charge in [-0.3, -0.25) is 0 Å². The second kappa shape index (κ2) is 3.62. The van der Waals surface area contributed by atoms with Gasteiger partial charge in [-0.15, -0.1) is 0 Å². The Balaban J connectivity index is 2.35. The molecule has 0 amide bonds. The lowest BCUT2D eigenvalue weighted by molar-refractivity contribution is 0.662. The van der Waals surface area contributed by atoms with E-state index in [1.165, 1.54) is 10.9 Å². The molecule has 1 N–H and O–H groups in total. The monoisotopic (exact) mass is 174 g/mol. The summed E-state index contributed by atoms with van der Waals surface area (Å²) in [6.45, 7) is 2.04. The number of hydrogen-bond donors (Lipinski definition) is 1. The Kier molecular flexibility index (Phi) is 2.32. The first kappa shape index (κ1) is 8.32. The van der Waals surface area contributed by atoms with Crippen LogP contribution in [0.25, 0.3) is 10.9 Å². The molecule has 0 saturated carbocycles. The summed E-state index contributed by atoms with van der Waals surface area (Å²) in [5.74, 6) is 0. The fourth-order valence-electron chi connectivity index (χ4n) is 1.57. The Hall–Kier alpha value is -1.28. The molecule has 2 nitrogen and oxygen atoms in total. The lowest BCUT2D eigenvalue weighted by Crippen LogP contribution is -2.14. The molecular weight excluding hydrogens is 160 g/mol. The molecule has 2 aromatic rings. The van der Waals surface area contributed by atoms with Gasteiger partial charge in [0.2, 0.25) is 0 Å². The van der Waals surface area contributed by atoms with Gasteiger partial charge in [0, 0.05) is 24.8 Å². The van der Waals surface area contributed by atoms with Gasteiger partial charge in [0.05, 0.1) is 0 Å². The molecule has 0 saturated heterocycles. The van der Waals surface area contributed by atoms with E-state index < -0.39 is 0 Å². The number of benzene rings is 1. The van der Waals surface area contributed by atoms with Gasteiger partial charge in [-0.25, -0.2) is 0 Å². The predicted octanol–water partition coefficient (Wildman–Crippen LogP) is 1.86. The first-order chi connectivity index (χ1) is 6.42. The Morgan fingerprint density at radius 3 is 2.92 bits per heavy atom. The molecule has 2 heteroatoms. The summed E-state index contributed by atoms with van der Waals surface area (Å²) < 4.78 is 2.27. The summed E-state index contributed by atoms with van der Waals surface area (Å²) in [6, 6.07) is 10.6. The second-order valence-electron chi connectivity index (χ2n) is 3.17. The van der Waals surface area contributed by atoms with Crippen LogP contribution in [0, 0.1) is 0 Å². The van der Waals surface area contributed by atoms with E-state index in [4.69, 9.17) is 0 Å². The molecule has 0 aliphatic carbocycles. The third-order valence-corrected chi connectivity index (χ3v) is 2.28. The molecule has 1 heterocycles. The fourth-order valence-corrected chi connectivity index (χ4v) is 1.57. The average molecular weight is 174 g/mol. The number of fused-ring (bicyclic) bond motifs is 1. The van der Waals surface area contributed by atoms with Crippen LogP contribution in [0.1, 0.15) is 0 Å². The van der Waals surface area contributed by atoms with Crippen LogP contribution in [0.2, 0.25) is 0 Å². The minimum atomic E-state index is 1.01. The summed E-state index contributed by atoms with van der Waals surface area (Å²) in [6.07, 6.45) is 2.14. The molecule has 0 radical (unpaired) electrons. The van der Waals surface area contributed by atoms with E-state index in [-0.39, 0.29) is 0 Å². The van der Waals surface area contributed by atoms with E-state index in [9.17, 15) is 0 Å². The Morgan fingerprint density at radius 1 is 1.23 bits per heavy atom. The van der Waals surface area contributed by atoms with Crippen LogP contribution in [0.4, 0.5) is 0 Å². The van der Waals surface area contributed by atoms with E-state index in [1.807, 2.05) is 7.05 Å². The highest BCUT2D eigenvalue weighted by molar-refractivity contribution is 5.79. The molecule has 0 aliphatic heterocycles. The molecule has 1 aromatic carbocycles. The van der Waals surface area contributed by atoms with Crippen molar-refractivity contribution in [1.82, 2.24) is 9.88 Å². The maximum Gasteiger partial charge on any atom is 0.0480 e. The molecule has 68 valence electrons. The van der Waals surface area contributed by atoms with Gasteiger partial charge in [0.15, 0.2) is 0 Å². The van der Waals surface area contributed by atoms with Gasteiger partial charge in [0.25, 0.3) is 0 Å². The Bertz CT molecular complexity index is 390. The summed E-state index contributed by atoms with van der Waals surface area (Å²) in [5.41, 5.74) is 1.32. The van der Waals surface area contributed by atoms with Crippen LogP contribution in [0.3, 0.4) is 0 Å². The normalized spacial score (nSPS) is 10.8. The van der Waals surface area contributed by atoms with Gasteiger partial charge in [-0.1, -0.05) is 18.2 Å². The van der Waals surface area contributed by atoms with E-state index >= 15 is 0 Å². The highest BCUT2D eigenvalue weighted by Gasteiger charge is 1.97. The Labute approximate surface area is 78.2 Å². The van der Waals surface area contributed by atoms with Gasteiger partial charge >= 0.3 is 0 Å². The highest BCUT2D eigenvalue weighted by atomic mass is 15.0. The van der Waals surface area contributed by atoms with Crippen molar-refractivity contribution in [2.75, 3.05) is 13.6 Å². The van der Waals surface area contributed by atoms with Crippen molar-refractivity contribution < 1.29 is 0 Å². The minimum absolute atomic E-state index is 1.01. The molecule has 0 bridgehead atoms. The Morgan fingerprint density at radius 2 is 2.08 bits per heavy atom. The molecule has 0 spiro atoms. The van der Waals surface area contributed by atoms with E-state index in [0.29, 0.717) is 0 Å². The third-order valence-electron chi connectivity index (χ3n) is 2.28. The predicted molar refractivity (Wildman–Crippen MR) is 55.9 cm³/mol. The fraction of sp³-hybridized carbons (Fsp3) is 0.273. The summed E-state index contributed by atoms with van der Waals surface area (Å²) in [5, 5.41) is 4.47. The first-order valence-electron chi connectivity index (χ1n) is 4.60. The molecule has 13 heavy (non-hydrogen) atoms. The van der Waals surface area contributed by atoms with Gasteiger partial charge in [0.1, 0.15) is 0 Å². The van der Waals surface area contributed by atoms with Crippen LogP contribution in [0.5, 0.6) is 0 Å². The van der Waals surface area contributed by atoms with Crippen molar-refractivity contribution >= 4 is 10.9 Å². The molecule has 0 aliphatic rings. The van der Waals surface area contributed by atoms with Crippen molar-refractivity contribution in [1.29, 1.82) is 0 Å². The first-order valence-corrected chi connectivity index (χ1v) is 4.60. The molecule has 0 fully saturated rings. The number of rotatable bonds is 3. The highest BCUT2D eigenvalue weighted by Crippen LogP contribution is 2.14. The zero-order chi connectivity index (χ0) is 9.10. The van der Waals surface area contributed by atoms with Gasteiger partial charge in [-0.2, -0.15) is 0 Å². The molecular formula is C11H14N2. The zero-order valence-corrected chi connectivity index (χ0v) is 7.83. The zero-order valence-electron chi connectivity index (χ0n) is 7.83. The van der Waals surface area contributed by atoms with Gasteiger partial charge < -0.3 is 9.88 Å². The van der Waals surface area contributed by atoms with E-state index in [1.54, 1.807) is 0 Å². The summed E-state index contributed by atoms with van der Waals surface area (Å²) in [4.78, 5) is 0. The van der Waals surface area contributed by atoms with Crippen LogP contribution < -0.4 is 5.32 Å². The smallest absolute Gasteiger partial charge is 0.0480 e. The average Bonchev–Trinajstić information content (AvgIpc) is 2.58. The molecule has 0 unspecified atom stereocenters. The maximum absolute atomic E-state index is 3.15. The van der Waals surface area contributed by atoms with Crippen LogP contribution in [0.15, 0.2) is 36.5 Å². The summed E-state index contributed by atoms with van der Waals surface area (Å²) >= 11 is 0. The number of hydrogen-bond acceptors (Lipinski definition) is 1. The van der Waals surface area contributed by atoms with Crippen molar-refractivity contribution in [3.8, 4) is 0 Å². The number of aromatic nitrogens is 1. The van der Waals surface area contributed by atoms with Crippen molar-refractivity contribution in [2.45, 2.75) is 6.54 Å². The molecule has 2 rings (SSSR count). The van der Waals surface area contributed by atoms with Crippen LogP contribution >= 0.6 is 0 Å². The van der Waals surface area contributed by atoms with Crippen molar-refractivity contribution in [2.24, 2.45) is 0 Å². The summed E-state index contributed by atoms with van der Waals surface area (Å²) in [7, 11) is 1.98. The third kappa shape index (κ3) is 1.58. The van der Waals surface area contributed by atoms with E-state index in [2.05, 4.69) is 46.4 Å². The standard InChI is InChI=1S/C11H14N2/c1-12-7-9-13-8-6-10-4-2-3-5-11(10)13/h2-6,8,12H,7,9H2,1H3. The number of para-hydroxylation sites is 1. The molecule has 0 atom stereocenters. The largest absolute Gasteiger partial charge is 0.346 e. The van der Waals surface area contributed by atoms with E-state index in [0.717, 1.165) is 13.1 Å². The SMILES string of the molecule is CNCCn1ccc2ccccc21. The lowest BCUT2D eigenvalue weighted by Gasteiger charge is -2.03. The van der Waals surface area contributed by atoms with Crippen molar-refractivity contribution in [3.63, 3.8) is 0 Å². The quantitative estimate of drug-likeness (QED) is 0.751. The number of nitrogens with zero attached hydrogens (tertiary/aromatic N) is 1. The maximum atomic E-state index is 3.15. The van der Waals surface area contributed by atoms with Crippen LogP contribution in [-0.2, 0) is 6.54 Å². The van der Waals surface area contributed by atoms with Crippen LogP contribution in [-0.4, -0.2) is 18.2 Å². The number of nitrogens with one attached hydrogen (secondary N) is 1. The molecule has 1 aromatic heterocycles. The van der Waals surface area contributed by atoms with Crippen molar-refractivity contribution in [3.05, 3.63) is 36.5 Å². The van der Waals surface area contributed by atoms with Gasteiger partial charge in [-0.05, 0) is 24.6 Å².